The lowest BCUT2D eigenvalue weighted by Crippen LogP contribution is -2.37. The van der Waals surface area contributed by atoms with Gasteiger partial charge < -0.3 is 20.1 Å². The molecule has 7 nitrogen and oxygen atoms in total. The Morgan fingerprint density at radius 2 is 1.65 bits per heavy atom. The molecule has 1 unspecified atom stereocenters. The van der Waals surface area contributed by atoms with E-state index in [9.17, 15) is 14.0 Å². The summed E-state index contributed by atoms with van der Waals surface area (Å²) in [6, 6.07) is 19.5. The summed E-state index contributed by atoms with van der Waals surface area (Å²) in [5.74, 6) is -0.974. The smallest absolute Gasteiger partial charge is 0.313 e. The molecule has 0 saturated heterocycles. The molecular formula is C29H28FN3O4. The zero-order chi connectivity index (χ0) is 26.4. The molecule has 0 bridgehead atoms. The van der Waals surface area contributed by atoms with Crippen LogP contribution >= 0.6 is 0 Å². The first-order chi connectivity index (χ1) is 17.9. The minimum atomic E-state index is -0.853. The molecule has 0 aliphatic rings. The van der Waals surface area contributed by atoms with E-state index >= 15 is 0 Å². The topological polar surface area (TPSA) is 89.5 Å². The molecule has 1 atom stereocenters. The molecule has 3 aromatic carbocycles. The maximum Gasteiger partial charge on any atom is 0.313 e. The summed E-state index contributed by atoms with van der Waals surface area (Å²) in [5.41, 5.74) is 3.24. The predicted octanol–water partition coefficient (Wildman–Crippen LogP) is 4.84. The van der Waals surface area contributed by atoms with Gasteiger partial charge in [0.15, 0.2) is 11.5 Å². The molecule has 0 spiro atoms. The van der Waals surface area contributed by atoms with Crippen molar-refractivity contribution in [3.63, 3.8) is 0 Å². The van der Waals surface area contributed by atoms with Crippen molar-refractivity contribution >= 4 is 28.4 Å². The monoisotopic (exact) mass is 501 g/mol. The third-order valence-electron chi connectivity index (χ3n) is 6.17. The number of aromatic nitrogens is 1. The van der Waals surface area contributed by atoms with Gasteiger partial charge in [-0.2, -0.15) is 0 Å². The maximum atomic E-state index is 15.0. The van der Waals surface area contributed by atoms with E-state index in [1.807, 2.05) is 49.4 Å². The van der Waals surface area contributed by atoms with Crippen LogP contribution in [0.25, 0.3) is 10.9 Å². The first kappa shape index (κ1) is 25.6. The van der Waals surface area contributed by atoms with E-state index in [0.717, 1.165) is 16.5 Å². The van der Waals surface area contributed by atoms with Crippen molar-refractivity contribution in [2.24, 2.45) is 0 Å². The largest absolute Gasteiger partial charge is 0.493 e. The first-order valence-corrected chi connectivity index (χ1v) is 11.8. The van der Waals surface area contributed by atoms with Crippen LogP contribution in [0, 0.1) is 5.82 Å². The molecule has 0 radical (unpaired) electrons. The van der Waals surface area contributed by atoms with Gasteiger partial charge in [-0.15, -0.1) is 0 Å². The number of fused-ring (bicyclic) bond motifs is 1. The normalized spacial score (nSPS) is 11.6. The van der Waals surface area contributed by atoms with Crippen LogP contribution in [-0.4, -0.2) is 37.6 Å². The van der Waals surface area contributed by atoms with Crippen LogP contribution in [0.15, 0.2) is 72.9 Å². The molecule has 37 heavy (non-hydrogen) atoms. The Morgan fingerprint density at radius 3 is 2.35 bits per heavy atom. The van der Waals surface area contributed by atoms with Gasteiger partial charge in [0.1, 0.15) is 5.82 Å². The van der Waals surface area contributed by atoms with Crippen molar-refractivity contribution in [1.82, 2.24) is 10.3 Å². The maximum absolute atomic E-state index is 15.0. The number of amides is 2. The molecule has 0 aliphatic heterocycles. The van der Waals surface area contributed by atoms with Crippen molar-refractivity contribution in [3.05, 3.63) is 95.4 Å². The summed E-state index contributed by atoms with van der Waals surface area (Å²) in [4.78, 5) is 29.0. The third-order valence-corrected chi connectivity index (χ3v) is 6.17. The fraction of sp³-hybridized carbons (Fsp3) is 0.207. The summed E-state index contributed by atoms with van der Waals surface area (Å²) in [5, 5.41) is 5.91. The molecule has 2 amide bonds. The number of methoxy groups -OCH3 is 2. The van der Waals surface area contributed by atoms with Crippen LogP contribution in [0.1, 0.15) is 29.5 Å². The number of carbonyl (C=O) groups is 2. The fourth-order valence-corrected chi connectivity index (χ4v) is 4.07. The van der Waals surface area contributed by atoms with Crippen LogP contribution in [0.4, 0.5) is 10.1 Å². The Bertz CT molecular complexity index is 1430. The molecule has 4 aromatic rings. The molecule has 0 aliphatic carbocycles. The number of nitrogens with zero attached hydrogens (tertiary/aromatic N) is 1. The van der Waals surface area contributed by atoms with Gasteiger partial charge in [-0.05, 0) is 46.9 Å². The molecular weight excluding hydrogens is 473 g/mol. The molecule has 4 rings (SSSR count). The van der Waals surface area contributed by atoms with E-state index < -0.39 is 17.6 Å². The molecule has 1 aromatic heterocycles. The number of anilines is 1. The van der Waals surface area contributed by atoms with E-state index in [-0.39, 0.29) is 11.6 Å². The van der Waals surface area contributed by atoms with Crippen LogP contribution in [0.3, 0.4) is 0 Å². The lowest BCUT2D eigenvalue weighted by Gasteiger charge is -2.13. The number of pyridine rings is 1. The van der Waals surface area contributed by atoms with Crippen molar-refractivity contribution in [2.45, 2.75) is 19.3 Å². The average molecular weight is 502 g/mol. The minimum absolute atomic E-state index is 0.0417. The van der Waals surface area contributed by atoms with Crippen molar-refractivity contribution in [1.29, 1.82) is 0 Å². The summed E-state index contributed by atoms with van der Waals surface area (Å²) >= 11 is 0. The zero-order valence-electron chi connectivity index (χ0n) is 20.9. The Hall–Kier alpha value is -4.46. The van der Waals surface area contributed by atoms with Crippen LogP contribution in [0.2, 0.25) is 0 Å². The van der Waals surface area contributed by atoms with E-state index in [1.165, 1.54) is 6.07 Å². The highest BCUT2D eigenvalue weighted by molar-refractivity contribution is 6.39. The second kappa shape index (κ2) is 11.5. The Morgan fingerprint density at radius 1 is 0.919 bits per heavy atom. The Labute approximate surface area is 214 Å². The summed E-state index contributed by atoms with van der Waals surface area (Å²) in [7, 11) is 3.11. The lowest BCUT2D eigenvalue weighted by molar-refractivity contribution is -0.136. The summed E-state index contributed by atoms with van der Waals surface area (Å²) in [6.07, 6.45) is 1.96. The SMILES string of the molecule is COc1cc2nccc(Cc3ccc(NC(=O)C(=O)NCC(C)c4ccccc4)cc3F)c2cc1OC. The third kappa shape index (κ3) is 6.03. The van der Waals surface area contributed by atoms with E-state index in [1.54, 1.807) is 38.6 Å². The van der Waals surface area contributed by atoms with Gasteiger partial charge in [-0.25, -0.2) is 4.39 Å². The van der Waals surface area contributed by atoms with Gasteiger partial charge in [0.05, 0.1) is 19.7 Å². The molecule has 190 valence electrons. The standard InChI is InChI=1S/C29H28FN3O4/c1-18(19-7-5-4-6-8-19)17-32-28(34)29(35)33-22-10-9-21(24(30)14-22)13-20-11-12-31-25-16-27(37-3)26(36-2)15-23(20)25/h4-12,14-16,18H,13,17H2,1-3H3,(H,32,34)(H,33,35). The number of carbonyl (C=O) groups excluding carboxylic acids is 2. The van der Waals surface area contributed by atoms with E-state index in [0.29, 0.717) is 35.5 Å². The quantitative estimate of drug-likeness (QED) is 0.337. The highest BCUT2D eigenvalue weighted by atomic mass is 19.1. The van der Waals surface area contributed by atoms with Crippen molar-refractivity contribution < 1.29 is 23.5 Å². The van der Waals surface area contributed by atoms with E-state index in [4.69, 9.17) is 9.47 Å². The summed E-state index contributed by atoms with van der Waals surface area (Å²) in [6.45, 7) is 2.26. The number of ether oxygens (including phenoxy) is 2. The van der Waals surface area contributed by atoms with Gasteiger partial charge >= 0.3 is 11.8 Å². The minimum Gasteiger partial charge on any atom is -0.493 e. The van der Waals surface area contributed by atoms with Crippen molar-refractivity contribution in [3.8, 4) is 11.5 Å². The van der Waals surface area contributed by atoms with Gasteiger partial charge in [0, 0.05) is 36.3 Å². The second-order valence-corrected chi connectivity index (χ2v) is 8.65. The number of halogens is 1. The highest BCUT2D eigenvalue weighted by Crippen LogP contribution is 2.33. The van der Waals surface area contributed by atoms with Gasteiger partial charge in [-0.1, -0.05) is 43.3 Å². The Kier molecular flexibility index (Phi) is 7.98. The highest BCUT2D eigenvalue weighted by Gasteiger charge is 2.17. The Balaban J connectivity index is 1.42. The fourth-order valence-electron chi connectivity index (χ4n) is 4.07. The molecule has 8 heteroatoms. The number of hydrogen-bond donors (Lipinski definition) is 2. The van der Waals surface area contributed by atoms with Crippen molar-refractivity contribution in [2.75, 3.05) is 26.1 Å². The van der Waals surface area contributed by atoms with Crippen LogP contribution in [-0.2, 0) is 16.0 Å². The number of nitrogens with one attached hydrogen (secondary N) is 2. The van der Waals surface area contributed by atoms with Gasteiger partial charge in [0.25, 0.3) is 0 Å². The molecule has 0 fully saturated rings. The molecule has 2 N–H and O–H groups in total. The zero-order valence-corrected chi connectivity index (χ0v) is 20.9. The number of hydrogen-bond acceptors (Lipinski definition) is 5. The average Bonchev–Trinajstić information content (AvgIpc) is 2.92. The molecule has 1 heterocycles. The first-order valence-electron chi connectivity index (χ1n) is 11.8. The second-order valence-electron chi connectivity index (χ2n) is 8.65. The summed E-state index contributed by atoms with van der Waals surface area (Å²) < 4.78 is 25.7. The predicted molar refractivity (Wildman–Crippen MR) is 141 cm³/mol. The van der Waals surface area contributed by atoms with Crippen LogP contribution < -0.4 is 20.1 Å². The lowest BCUT2D eigenvalue weighted by atomic mass is 10.00. The van der Waals surface area contributed by atoms with Crippen LogP contribution in [0.5, 0.6) is 11.5 Å². The van der Waals surface area contributed by atoms with Gasteiger partial charge in [-0.3, -0.25) is 14.6 Å². The van der Waals surface area contributed by atoms with E-state index in [2.05, 4.69) is 15.6 Å². The number of benzene rings is 3. The number of rotatable bonds is 8. The van der Waals surface area contributed by atoms with Gasteiger partial charge in [0.2, 0.25) is 0 Å². The molecule has 0 saturated carbocycles.